The molecule has 0 bridgehead atoms. The molecule has 0 unspecified atom stereocenters. The van der Waals surface area contributed by atoms with E-state index in [0.717, 1.165) is 5.69 Å². The van der Waals surface area contributed by atoms with Gasteiger partial charge in [0.15, 0.2) is 0 Å². The van der Waals surface area contributed by atoms with E-state index in [1.807, 2.05) is 45.9 Å². The molecule has 2 rings (SSSR count). The summed E-state index contributed by atoms with van der Waals surface area (Å²) < 4.78 is 0. The first-order valence-electron chi connectivity index (χ1n) is 8.67. The number of nitrogens with one attached hydrogen (secondary N) is 3. The maximum Gasteiger partial charge on any atom is 0.251 e. The van der Waals surface area contributed by atoms with Gasteiger partial charge in [0.2, 0.25) is 5.91 Å². The number of hydrogen-bond acceptors (Lipinski definition) is 3. The topological polar surface area (TPSA) is 70.2 Å². The minimum absolute atomic E-state index is 0.133. The smallest absolute Gasteiger partial charge is 0.251 e. The van der Waals surface area contributed by atoms with E-state index in [4.69, 9.17) is 0 Å². The Morgan fingerprint density at radius 1 is 0.885 bits per heavy atom. The molecule has 2 aromatic rings. The van der Waals surface area contributed by atoms with Crippen LogP contribution in [-0.2, 0) is 4.79 Å². The molecule has 3 N–H and O–H groups in total. The second kappa shape index (κ2) is 8.04. The van der Waals surface area contributed by atoms with Crippen LogP contribution in [0.25, 0.3) is 0 Å². The van der Waals surface area contributed by atoms with Crippen LogP contribution in [0.3, 0.4) is 0 Å². The molecule has 0 saturated heterocycles. The van der Waals surface area contributed by atoms with Crippen molar-refractivity contribution in [2.45, 2.75) is 40.2 Å². The third-order valence-corrected chi connectivity index (χ3v) is 3.88. The summed E-state index contributed by atoms with van der Waals surface area (Å²) in [5, 5.41) is 8.84. The van der Waals surface area contributed by atoms with Crippen LogP contribution >= 0.6 is 0 Å². The van der Waals surface area contributed by atoms with Crippen molar-refractivity contribution < 1.29 is 9.59 Å². The quantitative estimate of drug-likeness (QED) is 0.764. The average molecular weight is 353 g/mol. The highest BCUT2D eigenvalue weighted by Crippen LogP contribution is 2.14. The SMILES string of the molecule is Cc1ccc(NCC(=O)Nc2ccc(C(=O)NC(C)(C)C)cc2)cc1C. The molecule has 0 aliphatic carbocycles. The number of carbonyl (C=O) groups is 2. The zero-order valence-corrected chi connectivity index (χ0v) is 16.1. The number of benzene rings is 2. The van der Waals surface area contributed by atoms with E-state index in [1.54, 1.807) is 24.3 Å². The first-order chi connectivity index (χ1) is 12.1. The molecule has 5 nitrogen and oxygen atoms in total. The molecular formula is C21H27N3O2. The van der Waals surface area contributed by atoms with E-state index in [2.05, 4.69) is 22.9 Å². The van der Waals surface area contributed by atoms with Gasteiger partial charge in [-0.3, -0.25) is 9.59 Å². The summed E-state index contributed by atoms with van der Waals surface area (Å²) in [6, 6.07) is 12.9. The van der Waals surface area contributed by atoms with Crippen LogP contribution in [0.2, 0.25) is 0 Å². The largest absolute Gasteiger partial charge is 0.376 e. The minimum atomic E-state index is -0.288. The Hall–Kier alpha value is -2.82. The van der Waals surface area contributed by atoms with Gasteiger partial charge in [-0.25, -0.2) is 0 Å². The van der Waals surface area contributed by atoms with Crippen LogP contribution in [-0.4, -0.2) is 23.9 Å². The highest BCUT2D eigenvalue weighted by atomic mass is 16.2. The number of carbonyl (C=O) groups excluding carboxylic acids is 2. The molecule has 0 spiro atoms. The Kier molecular flexibility index (Phi) is 6.03. The zero-order valence-electron chi connectivity index (χ0n) is 16.1. The van der Waals surface area contributed by atoms with Gasteiger partial charge in [-0.2, -0.15) is 0 Å². The molecule has 2 amide bonds. The van der Waals surface area contributed by atoms with Gasteiger partial charge in [-0.05, 0) is 82.1 Å². The Labute approximate surface area is 155 Å². The number of anilines is 2. The van der Waals surface area contributed by atoms with Crippen molar-refractivity contribution in [2.75, 3.05) is 17.2 Å². The van der Waals surface area contributed by atoms with Crippen LogP contribution in [0, 0.1) is 13.8 Å². The second-order valence-electron chi connectivity index (χ2n) is 7.48. The molecule has 0 fully saturated rings. The summed E-state index contributed by atoms with van der Waals surface area (Å²) >= 11 is 0. The number of aryl methyl sites for hydroxylation is 2. The van der Waals surface area contributed by atoms with Gasteiger partial charge < -0.3 is 16.0 Å². The lowest BCUT2D eigenvalue weighted by Crippen LogP contribution is -2.40. The van der Waals surface area contributed by atoms with Crippen molar-refractivity contribution in [1.82, 2.24) is 5.32 Å². The van der Waals surface area contributed by atoms with Gasteiger partial charge >= 0.3 is 0 Å². The second-order valence-corrected chi connectivity index (χ2v) is 7.48. The van der Waals surface area contributed by atoms with Crippen molar-refractivity contribution in [1.29, 1.82) is 0 Å². The lowest BCUT2D eigenvalue weighted by molar-refractivity contribution is -0.114. The van der Waals surface area contributed by atoms with Crippen LogP contribution in [0.15, 0.2) is 42.5 Å². The summed E-state index contributed by atoms with van der Waals surface area (Å²) in [4.78, 5) is 24.2. The predicted molar refractivity (Wildman–Crippen MR) is 107 cm³/mol. The van der Waals surface area contributed by atoms with Crippen molar-refractivity contribution >= 4 is 23.2 Å². The predicted octanol–water partition coefficient (Wildman–Crippen LogP) is 3.88. The number of rotatable bonds is 5. The third-order valence-electron chi connectivity index (χ3n) is 3.88. The third kappa shape index (κ3) is 5.92. The summed E-state index contributed by atoms with van der Waals surface area (Å²) in [5.41, 5.74) is 4.24. The Balaban J connectivity index is 1.88. The molecule has 0 aliphatic rings. The van der Waals surface area contributed by atoms with Crippen LogP contribution in [0.1, 0.15) is 42.3 Å². The van der Waals surface area contributed by atoms with Gasteiger partial charge in [0.05, 0.1) is 6.54 Å². The van der Waals surface area contributed by atoms with E-state index in [9.17, 15) is 9.59 Å². The molecule has 5 heteroatoms. The van der Waals surface area contributed by atoms with Crippen molar-refractivity contribution in [3.05, 3.63) is 59.2 Å². The summed E-state index contributed by atoms with van der Waals surface area (Å²) in [6.07, 6.45) is 0. The zero-order chi connectivity index (χ0) is 19.3. The van der Waals surface area contributed by atoms with Crippen LogP contribution in [0.5, 0.6) is 0 Å². The lowest BCUT2D eigenvalue weighted by Gasteiger charge is -2.20. The number of hydrogen-bond donors (Lipinski definition) is 3. The number of amides is 2. The Morgan fingerprint density at radius 3 is 2.08 bits per heavy atom. The van der Waals surface area contributed by atoms with E-state index < -0.39 is 0 Å². The Bertz CT molecular complexity index is 790. The van der Waals surface area contributed by atoms with Gasteiger partial charge in [-0.1, -0.05) is 6.07 Å². The highest BCUT2D eigenvalue weighted by molar-refractivity contribution is 5.97. The fourth-order valence-corrected chi connectivity index (χ4v) is 2.36. The lowest BCUT2D eigenvalue weighted by atomic mass is 10.1. The minimum Gasteiger partial charge on any atom is -0.376 e. The van der Waals surface area contributed by atoms with E-state index in [1.165, 1.54) is 11.1 Å². The summed E-state index contributed by atoms with van der Waals surface area (Å²) in [5.74, 6) is -0.276. The Morgan fingerprint density at radius 2 is 1.50 bits per heavy atom. The van der Waals surface area contributed by atoms with Gasteiger partial charge in [0, 0.05) is 22.5 Å². The monoisotopic (exact) mass is 353 g/mol. The highest BCUT2D eigenvalue weighted by Gasteiger charge is 2.15. The van der Waals surface area contributed by atoms with Gasteiger partial charge in [-0.15, -0.1) is 0 Å². The van der Waals surface area contributed by atoms with E-state index in [-0.39, 0.29) is 23.9 Å². The molecule has 26 heavy (non-hydrogen) atoms. The average Bonchev–Trinajstić information content (AvgIpc) is 2.55. The molecule has 0 radical (unpaired) electrons. The van der Waals surface area contributed by atoms with Gasteiger partial charge in [0.25, 0.3) is 5.91 Å². The van der Waals surface area contributed by atoms with Crippen LogP contribution < -0.4 is 16.0 Å². The molecule has 0 saturated carbocycles. The maximum atomic E-state index is 12.1. The molecule has 138 valence electrons. The molecule has 0 aromatic heterocycles. The van der Waals surface area contributed by atoms with Crippen molar-refractivity contribution in [3.8, 4) is 0 Å². The first-order valence-corrected chi connectivity index (χ1v) is 8.67. The summed E-state index contributed by atoms with van der Waals surface area (Å²) in [6.45, 7) is 10.1. The van der Waals surface area contributed by atoms with E-state index in [0.29, 0.717) is 11.3 Å². The molecular weight excluding hydrogens is 326 g/mol. The van der Waals surface area contributed by atoms with Crippen LogP contribution in [0.4, 0.5) is 11.4 Å². The van der Waals surface area contributed by atoms with Gasteiger partial charge in [0.1, 0.15) is 0 Å². The molecule has 0 heterocycles. The molecule has 0 aliphatic heterocycles. The maximum absolute atomic E-state index is 12.1. The molecule has 2 aromatic carbocycles. The van der Waals surface area contributed by atoms with E-state index >= 15 is 0 Å². The fourth-order valence-electron chi connectivity index (χ4n) is 2.36. The van der Waals surface area contributed by atoms with Crippen molar-refractivity contribution in [3.63, 3.8) is 0 Å². The normalized spacial score (nSPS) is 11.0. The molecule has 0 atom stereocenters. The summed E-state index contributed by atoms with van der Waals surface area (Å²) in [7, 11) is 0. The first kappa shape index (κ1) is 19.5. The standard InChI is InChI=1S/C21H27N3O2/c1-14-6-9-18(12-15(14)2)22-13-19(25)23-17-10-7-16(8-11-17)20(26)24-21(3,4)5/h6-12,22H,13H2,1-5H3,(H,23,25)(H,24,26). The van der Waals surface area contributed by atoms with Crippen molar-refractivity contribution in [2.24, 2.45) is 0 Å². The fraction of sp³-hybridized carbons (Fsp3) is 0.333.